The second kappa shape index (κ2) is 9.11. The standard InChI is InChI=1S/C22H26FN5O3/c1-5-17-15-9-13(23)6-7-14(15)22(29)28(3)11-16(26-2)19(21(25)30-4)12-8-18(31-17)20(24)27-10-12/h6-10,17,19,25H,5,11H2,1-4H3,(H2,24,27). The average molecular weight is 427 g/mol. The molecule has 0 aliphatic carbocycles. The van der Waals surface area contributed by atoms with Gasteiger partial charge >= 0.3 is 0 Å². The first kappa shape index (κ1) is 22.2. The number of nitrogens with two attached hydrogens (primary N) is 1. The molecule has 31 heavy (non-hydrogen) atoms. The van der Waals surface area contributed by atoms with E-state index in [1.807, 2.05) is 6.92 Å². The monoisotopic (exact) mass is 427 g/mol. The maximum atomic E-state index is 14.1. The number of methoxy groups -OCH3 is 1. The van der Waals surface area contributed by atoms with Crippen molar-refractivity contribution in [2.75, 3.05) is 33.5 Å². The number of nitrogen functional groups attached to an aromatic ring is 1. The van der Waals surface area contributed by atoms with E-state index in [-0.39, 0.29) is 29.9 Å². The van der Waals surface area contributed by atoms with Gasteiger partial charge in [0.2, 0.25) is 0 Å². The first-order chi connectivity index (χ1) is 14.8. The molecule has 1 aliphatic rings. The van der Waals surface area contributed by atoms with Gasteiger partial charge in [-0.25, -0.2) is 9.37 Å². The number of benzene rings is 1. The Labute approximate surface area is 180 Å². The molecule has 2 atom stereocenters. The number of aromatic nitrogens is 1. The second-order valence-corrected chi connectivity index (χ2v) is 7.28. The van der Waals surface area contributed by atoms with Gasteiger partial charge in [0, 0.05) is 37.1 Å². The van der Waals surface area contributed by atoms with E-state index < -0.39 is 17.8 Å². The van der Waals surface area contributed by atoms with Gasteiger partial charge in [0.1, 0.15) is 17.8 Å². The summed E-state index contributed by atoms with van der Waals surface area (Å²) in [7, 11) is 4.63. The third-order valence-electron chi connectivity index (χ3n) is 5.32. The van der Waals surface area contributed by atoms with Gasteiger partial charge in [-0.3, -0.25) is 15.2 Å². The van der Waals surface area contributed by atoms with E-state index in [1.54, 1.807) is 20.2 Å². The van der Waals surface area contributed by atoms with Crippen LogP contribution in [0.1, 0.15) is 46.9 Å². The van der Waals surface area contributed by atoms with Crippen molar-refractivity contribution in [3.63, 3.8) is 0 Å². The van der Waals surface area contributed by atoms with Gasteiger partial charge < -0.3 is 20.1 Å². The van der Waals surface area contributed by atoms with Crippen molar-refractivity contribution >= 4 is 23.3 Å². The number of amides is 1. The summed E-state index contributed by atoms with van der Waals surface area (Å²) in [5.74, 6) is -1.06. The fourth-order valence-electron chi connectivity index (χ4n) is 3.66. The van der Waals surface area contributed by atoms with Gasteiger partial charge in [0.25, 0.3) is 5.91 Å². The van der Waals surface area contributed by atoms with Crippen molar-refractivity contribution in [2.45, 2.75) is 25.4 Å². The zero-order chi connectivity index (χ0) is 22.7. The molecule has 1 aromatic heterocycles. The van der Waals surface area contributed by atoms with Crippen molar-refractivity contribution in [1.82, 2.24) is 9.88 Å². The summed E-state index contributed by atoms with van der Waals surface area (Å²) in [6.45, 7) is 2.01. The first-order valence-electron chi connectivity index (χ1n) is 9.85. The maximum Gasteiger partial charge on any atom is 0.254 e. The van der Waals surface area contributed by atoms with Crippen molar-refractivity contribution in [2.24, 2.45) is 4.99 Å². The molecular weight excluding hydrogens is 401 g/mol. The fraction of sp³-hybridized carbons (Fsp3) is 0.364. The van der Waals surface area contributed by atoms with Crippen LogP contribution >= 0.6 is 0 Å². The minimum Gasteiger partial charge on any atom is -0.484 e. The fourth-order valence-corrected chi connectivity index (χ4v) is 3.66. The van der Waals surface area contributed by atoms with Gasteiger partial charge in [-0.2, -0.15) is 0 Å². The van der Waals surface area contributed by atoms with Crippen LogP contribution in [0.25, 0.3) is 0 Å². The summed E-state index contributed by atoms with van der Waals surface area (Å²) in [5.41, 5.74) is 7.92. The Balaban J connectivity index is 2.26. The predicted octanol–water partition coefficient (Wildman–Crippen LogP) is 3.20. The highest BCUT2D eigenvalue weighted by Gasteiger charge is 2.30. The number of pyridine rings is 1. The molecule has 164 valence electrons. The van der Waals surface area contributed by atoms with E-state index in [4.69, 9.17) is 20.6 Å². The minimum absolute atomic E-state index is 0.0504. The van der Waals surface area contributed by atoms with Crippen molar-refractivity contribution < 1.29 is 18.7 Å². The van der Waals surface area contributed by atoms with Crippen molar-refractivity contribution in [1.29, 1.82) is 5.41 Å². The zero-order valence-corrected chi connectivity index (χ0v) is 18.0. The number of halogens is 1. The minimum atomic E-state index is -0.673. The van der Waals surface area contributed by atoms with Crippen LogP contribution in [-0.2, 0) is 4.74 Å². The lowest BCUT2D eigenvalue weighted by Gasteiger charge is -2.28. The second-order valence-electron chi connectivity index (χ2n) is 7.28. The molecule has 2 aromatic rings. The average Bonchev–Trinajstić information content (AvgIpc) is 2.77. The van der Waals surface area contributed by atoms with Crippen LogP contribution < -0.4 is 10.5 Å². The summed E-state index contributed by atoms with van der Waals surface area (Å²) in [5, 5.41) is 8.33. The number of nitrogens with one attached hydrogen (secondary N) is 1. The molecule has 9 heteroatoms. The van der Waals surface area contributed by atoms with Crippen molar-refractivity contribution in [3.8, 4) is 5.75 Å². The summed E-state index contributed by atoms with van der Waals surface area (Å²) in [4.78, 5) is 23.3. The molecule has 1 amide bonds. The van der Waals surface area contributed by atoms with Crippen LogP contribution in [0.15, 0.2) is 35.5 Å². The molecule has 2 heterocycles. The Morgan fingerprint density at radius 3 is 2.84 bits per heavy atom. The Kier molecular flexibility index (Phi) is 6.53. The summed E-state index contributed by atoms with van der Waals surface area (Å²) >= 11 is 0. The molecule has 1 aromatic carbocycles. The lowest BCUT2D eigenvalue weighted by Crippen LogP contribution is -2.37. The molecule has 8 nitrogen and oxygen atoms in total. The van der Waals surface area contributed by atoms with Gasteiger partial charge in [-0.1, -0.05) is 6.92 Å². The third kappa shape index (κ3) is 4.35. The number of hydrogen-bond acceptors (Lipinski definition) is 7. The highest BCUT2D eigenvalue weighted by Crippen LogP contribution is 2.34. The molecule has 0 spiro atoms. The summed E-state index contributed by atoms with van der Waals surface area (Å²) in [6.07, 6.45) is 1.38. The summed E-state index contributed by atoms with van der Waals surface area (Å²) in [6, 6.07) is 5.71. The lowest BCUT2D eigenvalue weighted by molar-refractivity contribution is 0.0808. The number of hydrogen-bond donors (Lipinski definition) is 2. The van der Waals surface area contributed by atoms with Crippen LogP contribution in [0.3, 0.4) is 0 Å². The highest BCUT2D eigenvalue weighted by molar-refractivity contribution is 6.10. The van der Waals surface area contributed by atoms with E-state index in [0.717, 1.165) is 0 Å². The number of ether oxygens (including phenoxy) is 2. The van der Waals surface area contributed by atoms with Gasteiger partial charge in [-0.05, 0) is 36.2 Å². The largest absolute Gasteiger partial charge is 0.484 e. The number of anilines is 1. The van der Waals surface area contributed by atoms with Crippen molar-refractivity contribution in [3.05, 3.63) is 53.0 Å². The van der Waals surface area contributed by atoms with Crippen LogP contribution in [0, 0.1) is 11.2 Å². The number of carbonyl (C=O) groups excluding carboxylic acids is 1. The molecule has 3 N–H and O–H groups in total. The van der Waals surface area contributed by atoms with Crippen LogP contribution in [0.2, 0.25) is 0 Å². The number of nitrogens with zero attached hydrogens (tertiary/aromatic N) is 3. The quantitative estimate of drug-likeness (QED) is 0.564. The molecule has 0 radical (unpaired) electrons. The Morgan fingerprint density at radius 2 is 2.19 bits per heavy atom. The predicted molar refractivity (Wildman–Crippen MR) is 117 cm³/mol. The molecule has 0 saturated carbocycles. The van der Waals surface area contributed by atoms with Gasteiger partial charge in [0.05, 0.1) is 13.7 Å². The number of rotatable bonds is 2. The Bertz CT molecular complexity index is 1040. The molecule has 0 saturated heterocycles. The van der Waals surface area contributed by atoms with Crippen LogP contribution in [-0.4, -0.2) is 55.2 Å². The molecule has 2 bridgehead atoms. The van der Waals surface area contributed by atoms with Crippen LogP contribution in [0.5, 0.6) is 5.75 Å². The smallest absolute Gasteiger partial charge is 0.254 e. The topological polar surface area (TPSA) is 114 Å². The molecule has 1 aliphatic heterocycles. The van der Waals surface area contributed by atoms with Gasteiger partial charge in [-0.15, -0.1) is 0 Å². The Morgan fingerprint density at radius 1 is 1.45 bits per heavy atom. The normalized spacial score (nSPS) is 20.4. The lowest BCUT2D eigenvalue weighted by atomic mass is 9.93. The maximum absolute atomic E-state index is 14.1. The molecule has 3 rings (SSSR count). The van der Waals surface area contributed by atoms with E-state index in [2.05, 4.69) is 9.98 Å². The first-order valence-corrected chi connectivity index (χ1v) is 9.85. The molecule has 2 unspecified atom stereocenters. The molecule has 0 fully saturated rings. The van der Waals surface area contributed by atoms with Gasteiger partial charge in [0.15, 0.2) is 17.5 Å². The highest BCUT2D eigenvalue weighted by atomic mass is 19.1. The van der Waals surface area contributed by atoms with E-state index in [0.29, 0.717) is 28.8 Å². The molecular formula is C22H26FN5O3. The van der Waals surface area contributed by atoms with E-state index in [1.165, 1.54) is 36.4 Å². The Hall–Kier alpha value is -3.49. The third-order valence-corrected chi connectivity index (χ3v) is 5.32. The zero-order valence-electron chi connectivity index (χ0n) is 18.0. The number of fused-ring (bicyclic) bond motifs is 3. The number of carbonyl (C=O) groups is 1. The number of aliphatic imine (C=N–C) groups is 1. The SMILES string of the molecule is CCC1Oc2cc(cnc2N)C(C(=N)OC)C(=NC)CN(C)C(=O)c2ccc(F)cc21. The van der Waals surface area contributed by atoms with Crippen LogP contribution in [0.4, 0.5) is 10.2 Å². The van der Waals surface area contributed by atoms with E-state index in [9.17, 15) is 9.18 Å². The van der Waals surface area contributed by atoms with E-state index >= 15 is 0 Å². The summed E-state index contributed by atoms with van der Waals surface area (Å²) < 4.78 is 25.4.